The molecule has 0 aromatic carbocycles. The zero-order chi connectivity index (χ0) is 15.6. The smallest absolute Gasteiger partial charge is 0.309 e. The van der Waals surface area contributed by atoms with Crippen molar-refractivity contribution < 1.29 is 13.2 Å². The van der Waals surface area contributed by atoms with Crippen molar-refractivity contribution in [3.05, 3.63) is 21.4 Å². The van der Waals surface area contributed by atoms with Gasteiger partial charge in [0.2, 0.25) is 0 Å². The van der Waals surface area contributed by atoms with Gasteiger partial charge in [-0.1, -0.05) is 0 Å². The zero-order valence-corrected chi connectivity index (χ0v) is 13.6. The minimum atomic E-state index is -4.15. The summed E-state index contributed by atoms with van der Waals surface area (Å²) in [6, 6.07) is 2.58. The van der Waals surface area contributed by atoms with Crippen molar-refractivity contribution in [3.63, 3.8) is 0 Å². The number of hydrogen-bond acceptors (Lipinski definition) is 3. The second-order valence-corrected chi connectivity index (χ2v) is 7.40. The highest BCUT2D eigenvalue weighted by Crippen LogP contribution is 2.27. The quantitative estimate of drug-likeness (QED) is 0.814. The first-order valence-electron chi connectivity index (χ1n) is 7.37. The van der Waals surface area contributed by atoms with Crippen LogP contribution in [0.2, 0.25) is 0 Å². The second kappa shape index (κ2) is 6.67. The van der Waals surface area contributed by atoms with Gasteiger partial charge in [0.15, 0.2) is 0 Å². The fraction of sp³-hybridized carbons (Fsp3) is 0.733. The molecule has 0 radical (unpaired) electrons. The van der Waals surface area contributed by atoms with Crippen molar-refractivity contribution in [1.29, 1.82) is 0 Å². The molecule has 0 bridgehead atoms. The molecule has 0 aliphatic heterocycles. The Labute approximate surface area is 128 Å². The van der Waals surface area contributed by atoms with Crippen molar-refractivity contribution in [1.82, 2.24) is 10.2 Å². The third-order valence-corrected chi connectivity index (χ3v) is 4.79. The summed E-state index contributed by atoms with van der Waals surface area (Å²) in [6.07, 6.45) is -1.67. The van der Waals surface area contributed by atoms with Gasteiger partial charge in [0.25, 0.3) is 0 Å². The molecule has 1 N–H and O–H groups in total. The van der Waals surface area contributed by atoms with Crippen molar-refractivity contribution >= 4 is 11.3 Å². The van der Waals surface area contributed by atoms with Crippen LogP contribution >= 0.6 is 11.3 Å². The predicted octanol–water partition coefficient (Wildman–Crippen LogP) is 4.08. The van der Waals surface area contributed by atoms with E-state index in [1.54, 1.807) is 11.3 Å². The summed E-state index contributed by atoms with van der Waals surface area (Å²) >= 11 is 1.69. The topological polar surface area (TPSA) is 15.3 Å². The molecule has 0 unspecified atom stereocenters. The fourth-order valence-electron chi connectivity index (χ4n) is 2.23. The van der Waals surface area contributed by atoms with E-state index in [1.807, 2.05) is 20.8 Å². The standard InChI is InChI=1S/C15H23F3N2S/c1-10(2)20(9-15(16,17)18)8-12-6-14(21-11(12)3)7-19-13-4-5-13/h6,10,13,19H,4-5,7-9H2,1-3H3. The molecule has 1 saturated carbocycles. The van der Waals surface area contributed by atoms with Gasteiger partial charge in [0, 0.05) is 34.9 Å². The number of halogens is 3. The molecule has 1 heterocycles. The normalized spacial score (nSPS) is 16.2. The third-order valence-electron chi connectivity index (χ3n) is 3.70. The van der Waals surface area contributed by atoms with Crippen LogP contribution in [0.15, 0.2) is 6.07 Å². The van der Waals surface area contributed by atoms with Crippen molar-refractivity contribution in [3.8, 4) is 0 Å². The minimum Gasteiger partial charge on any atom is -0.309 e. The molecule has 0 atom stereocenters. The Balaban J connectivity index is 1.98. The lowest BCUT2D eigenvalue weighted by atomic mass is 10.2. The Morgan fingerprint density at radius 1 is 1.38 bits per heavy atom. The molecule has 0 spiro atoms. The van der Waals surface area contributed by atoms with Crippen LogP contribution in [0.4, 0.5) is 13.2 Å². The molecule has 1 aliphatic rings. The van der Waals surface area contributed by atoms with Gasteiger partial charge in [-0.05, 0) is 45.2 Å². The number of alkyl halides is 3. The van der Waals surface area contributed by atoms with Crippen LogP contribution in [0.3, 0.4) is 0 Å². The number of rotatable bonds is 7. The first-order chi connectivity index (χ1) is 9.74. The Morgan fingerprint density at radius 2 is 2.05 bits per heavy atom. The summed E-state index contributed by atoms with van der Waals surface area (Å²) in [5.41, 5.74) is 1.02. The van der Waals surface area contributed by atoms with Crippen LogP contribution in [0, 0.1) is 6.92 Å². The molecule has 0 amide bonds. The Hall–Kier alpha value is -0.590. The zero-order valence-electron chi connectivity index (χ0n) is 12.8. The Morgan fingerprint density at radius 3 is 2.57 bits per heavy atom. The van der Waals surface area contributed by atoms with Crippen LogP contribution in [0.5, 0.6) is 0 Å². The highest BCUT2D eigenvalue weighted by molar-refractivity contribution is 7.12. The van der Waals surface area contributed by atoms with Gasteiger partial charge in [-0.2, -0.15) is 13.2 Å². The summed E-state index contributed by atoms with van der Waals surface area (Å²) in [5.74, 6) is 0. The van der Waals surface area contributed by atoms with Gasteiger partial charge in [-0.25, -0.2) is 0 Å². The van der Waals surface area contributed by atoms with E-state index >= 15 is 0 Å². The molecule has 120 valence electrons. The van der Waals surface area contributed by atoms with Crippen LogP contribution in [0.1, 0.15) is 42.0 Å². The van der Waals surface area contributed by atoms with Crippen LogP contribution in [0.25, 0.3) is 0 Å². The summed E-state index contributed by atoms with van der Waals surface area (Å²) in [5, 5.41) is 3.44. The van der Waals surface area contributed by atoms with Gasteiger partial charge in [0.1, 0.15) is 0 Å². The average molecular weight is 320 g/mol. The third kappa shape index (κ3) is 5.60. The van der Waals surface area contributed by atoms with Crippen molar-refractivity contribution in [2.45, 2.75) is 65.0 Å². The molecule has 2 nitrogen and oxygen atoms in total. The lowest BCUT2D eigenvalue weighted by molar-refractivity contribution is -0.150. The van der Waals surface area contributed by atoms with E-state index in [2.05, 4.69) is 11.4 Å². The maximum atomic E-state index is 12.6. The molecule has 0 saturated heterocycles. The molecule has 6 heteroatoms. The maximum Gasteiger partial charge on any atom is 0.401 e. The monoisotopic (exact) mass is 320 g/mol. The van der Waals surface area contributed by atoms with E-state index in [1.165, 1.54) is 22.6 Å². The fourth-order valence-corrected chi connectivity index (χ4v) is 3.24. The number of hydrogen-bond donors (Lipinski definition) is 1. The number of thiophene rings is 1. The molecular formula is C15H23F3N2S. The molecule has 2 rings (SSSR count). The van der Waals surface area contributed by atoms with Gasteiger partial charge in [-0.15, -0.1) is 11.3 Å². The second-order valence-electron chi connectivity index (χ2n) is 6.06. The van der Waals surface area contributed by atoms with E-state index in [4.69, 9.17) is 0 Å². The van der Waals surface area contributed by atoms with Crippen LogP contribution in [-0.2, 0) is 13.1 Å². The molecule has 1 aromatic heterocycles. The van der Waals surface area contributed by atoms with E-state index in [9.17, 15) is 13.2 Å². The highest BCUT2D eigenvalue weighted by Gasteiger charge is 2.32. The number of aryl methyl sites for hydroxylation is 1. The van der Waals surface area contributed by atoms with Gasteiger partial charge in [0.05, 0.1) is 6.54 Å². The van der Waals surface area contributed by atoms with E-state index in [0.29, 0.717) is 12.6 Å². The lowest BCUT2D eigenvalue weighted by Crippen LogP contribution is -2.38. The lowest BCUT2D eigenvalue weighted by Gasteiger charge is -2.27. The average Bonchev–Trinajstić information content (AvgIpc) is 3.10. The molecule has 1 fully saturated rings. The summed E-state index contributed by atoms with van der Waals surface area (Å²) in [4.78, 5) is 3.81. The van der Waals surface area contributed by atoms with Crippen LogP contribution in [-0.4, -0.2) is 29.7 Å². The number of nitrogens with one attached hydrogen (secondary N) is 1. The first-order valence-corrected chi connectivity index (χ1v) is 8.18. The van der Waals surface area contributed by atoms with Crippen LogP contribution < -0.4 is 5.32 Å². The predicted molar refractivity (Wildman–Crippen MR) is 80.5 cm³/mol. The Kier molecular flexibility index (Phi) is 5.33. The highest BCUT2D eigenvalue weighted by atomic mass is 32.1. The van der Waals surface area contributed by atoms with E-state index in [0.717, 1.165) is 17.0 Å². The van der Waals surface area contributed by atoms with Gasteiger partial charge < -0.3 is 5.32 Å². The molecule has 21 heavy (non-hydrogen) atoms. The first kappa shape index (κ1) is 16.8. The summed E-state index contributed by atoms with van der Waals surface area (Å²) < 4.78 is 37.9. The van der Waals surface area contributed by atoms with E-state index in [-0.39, 0.29) is 6.04 Å². The van der Waals surface area contributed by atoms with Gasteiger partial charge >= 0.3 is 6.18 Å². The molecule has 1 aliphatic carbocycles. The maximum absolute atomic E-state index is 12.6. The molecular weight excluding hydrogens is 297 g/mol. The summed E-state index contributed by atoms with van der Waals surface area (Å²) in [7, 11) is 0. The van der Waals surface area contributed by atoms with E-state index < -0.39 is 12.7 Å². The molecule has 1 aromatic rings. The SMILES string of the molecule is Cc1sc(CNC2CC2)cc1CN(CC(F)(F)F)C(C)C. The van der Waals surface area contributed by atoms with Gasteiger partial charge in [-0.3, -0.25) is 4.90 Å². The largest absolute Gasteiger partial charge is 0.401 e. The Bertz CT molecular complexity index is 464. The van der Waals surface area contributed by atoms with Crippen molar-refractivity contribution in [2.75, 3.05) is 6.54 Å². The van der Waals surface area contributed by atoms with Crippen molar-refractivity contribution in [2.24, 2.45) is 0 Å². The summed E-state index contributed by atoms with van der Waals surface area (Å²) in [6.45, 7) is 5.95. The number of nitrogens with zero attached hydrogens (tertiary/aromatic N) is 1. The minimum absolute atomic E-state index is 0.126.